The van der Waals surface area contributed by atoms with Gasteiger partial charge in [0, 0.05) is 35.5 Å². The molecule has 0 spiro atoms. The van der Waals surface area contributed by atoms with E-state index in [2.05, 4.69) is 5.32 Å². The molecule has 0 heterocycles. The van der Waals surface area contributed by atoms with Crippen LogP contribution in [0.1, 0.15) is 41.7 Å². The summed E-state index contributed by atoms with van der Waals surface area (Å²) in [6, 6.07) is 23.6. The van der Waals surface area contributed by atoms with Gasteiger partial charge in [0.1, 0.15) is 36.9 Å². The van der Waals surface area contributed by atoms with Crippen LogP contribution in [0.15, 0.2) is 136 Å². The Labute approximate surface area is 310 Å². The molecule has 0 aromatic heterocycles. The summed E-state index contributed by atoms with van der Waals surface area (Å²) in [4.78, 5) is -0.939. The number of benzene rings is 4. The molecule has 4 aromatic rings. The third kappa shape index (κ3) is 10.4. The molecule has 53 heavy (non-hydrogen) atoms. The van der Waals surface area contributed by atoms with Crippen molar-refractivity contribution in [3.63, 3.8) is 0 Å². The van der Waals surface area contributed by atoms with Gasteiger partial charge in [-0.1, -0.05) is 61.5 Å². The van der Waals surface area contributed by atoms with Gasteiger partial charge in [0.25, 0.3) is 0 Å². The molecule has 0 bridgehead atoms. The molecular formula is C37H42N4O9S3. The third-order valence-electron chi connectivity index (χ3n) is 8.34. The predicted octanol–water partition coefficient (Wildman–Crippen LogP) is 5.93. The Morgan fingerprint density at radius 3 is 1.89 bits per heavy atom. The van der Waals surface area contributed by atoms with Gasteiger partial charge < -0.3 is 31.3 Å². The number of anilines is 1. The zero-order valence-corrected chi connectivity index (χ0v) is 32.1. The van der Waals surface area contributed by atoms with Crippen LogP contribution in [-0.2, 0) is 49.9 Å². The maximum absolute atomic E-state index is 12.4. The van der Waals surface area contributed by atoms with Crippen LogP contribution in [0.3, 0.4) is 0 Å². The molecular weight excluding hydrogens is 741 g/mol. The second kappa shape index (κ2) is 17.4. The van der Waals surface area contributed by atoms with E-state index in [0.717, 1.165) is 5.71 Å². The lowest BCUT2D eigenvalue weighted by atomic mass is 9.90. The molecule has 0 unspecified atom stereocenters. The third-order valence-corrected chi connectivity index (χ3v) is 11.0. The van der Waals surface area contributed by atoms with Gasteiger partial charge in [0.2, 0.25) is 0 Å². The first kappa shape index (κ1) is 42.6. The zero-order valence-electron chi connectivity index (χ0n) is 29.6. The summed E-state index contributed by atoms with van der Waals surface area (Å²) in [5, 5.41) is 3.21. The molecule has 0 radical (unpaired) electrons. The maximum Gasteiger partial charge on any atom is 0.200 e. The summed E-state index contributed by atoms with van der Waals surface area (Å²) in [7, 11) is -14.1. The molecule has 0 saturated carbocycles. The standard InChI is InChI=1S/C37H36N2O9S3.2H3N/c1-3-28-13-12-26(23-36(28)51(46,47)48)24-38-31-18-14-29(15-19-31)37(34-10-5-6-11-35(34)50(43,44)45)30-16-20-32(21-17-30)39(4-2)25-27-8-7-9-33(22-27)49(40,41)42;;/h5-23H,3-4,24-25H2,1-2H3,(H3,40,41,42,43,44,45,46,47,48);2*1H3. The Bertz CT molecular complexity index is 2420. The second-order valence-electron chi connectivity index (χ2n) is 11.7. The van der Waals surface area contributed by atoms with Gasteiger partial charge in [0.15, 0.2) is 12.3 Å². The molecule has 9 N–H and O–H groups in total. The summed E-state index contributed by atoms with van der Waals surface area (Å²) >= 11 is 0. The van der Waals surface area contributed by atoms with E-state index in [1.165, 1.54) is 36.4 Å². The van der Waals surface area contributed by atoms with Crippen molar-refractivity contribution in [3.05, 3.63) is 149 Å². The predicted molar refractivity (Wildman–Crippen MR) is 202 cm³/mol. The van der Waals surface area contributed by atoms with Crippen LogP contribution in [0.25, 0.3) is 5.57 Å². The highest BCUT2D eigenvalue weighted by Crippen LogP contribution is 2.34. The van der Waals surface area contributed by atoms with Gasteiger partial charge in [-0.15, -0.1) is 0 Å². The van der Waals surface area contributed by atoms with E-state index in [4.69, 9.17) is 0 Å². The zero-order chi connectivity index (χ0) is 37.0. The van der Waals surface area contributed by atoms with Crippen LogP contribution < -0.4 is 17.6 Å². The first-order chi connectivity index (χ1) is 24.1. The minimum absolute atomic E-state index is 0. The quantitative estimate of drug-likeness (QED) is 0.113. The number of nitrogens with one attached hydrogen (secondary N) is 1. The maximum atomic E-state index is 12.4. The lowest BCUT2D eigenvalue weighted by molar-refractivity contribution is -0.539. The lowest BCUT2D eigenvalue weighted by Crippen LogP contribution is -2.19. The fraction of sp³-hybridized carbons (Fsp3) is 0.162. The van der Waals surface area contributed by atoms with Crippen molar-refractivity contribution < 1.29 is 43.5 Å². The molecule has 0 fully saturated rings. The number of hydrogen-bond donors (Lipinski definition) is 3. The van der Waals surface area contributed by atoms with Crippen LogP contribution in [0.5, 0.6) is 0 Å². The Balaban J connectivity index is 0.00000378. The lowest BCUT2D eigenvalue weighted by Gasteiger charge is -2.19. The smallest absolute Gasteiger partial charge is 0.200 e. The van der Waals surface area contributed by atoms with E-state index in [9.17, 15) is 38.9 Å². The Morgan fingerprint density at radius 1 is 0.660 bits per heavy atom. The van der Waals surface area contributed by atoms with Gasteiger partial charge in [-0.05, 0) is 89.7 Å². The number of aryl methyl sites for hydroxylation is 1. The SMILES string of the molecule is CCc1ccc(CNc2ccc(C(=C3C=CC(=[N+](CC)Cc4cccc(S(=O)(=O)[O-])c4)C=C3)c3ccccc3S(=O)(=O)[O-])cc2)cc1S(=O)(=O)[O-].[NH4+].[NH4+]. The van der Waals surface area contributed by atoms with Crippen LogP contribution in [0.2, 0.25) is 0 Å². The highest BCUT2D eigenvalue weighted by Gasteiger charge is 2.20. The molecule has 4 aromatic carbocycles. The van der Waals surface area contributed by atoms with Gasteiger partial charge in [-0.2, -0.15) is 0 Å². The number of allylic oxidation sites excluding steroid dienone is 5. The largest absolute Gasteiger partial charge is 0.744 e. The summed E-state index contributed by atoms with van der Waals surface area (Å²) in [5.74, 6) is 0. The average molecular weight is 783 g/mol. The van der Waals surface area contributed by atoms with E-state index in [-0.39, 0.29) is 39.1 Å². The first-order valence-corrected chi connectivity index (χ1v) is 20.1. The summed E-state index contributed by atoms with van der Waals surface area (Å²) in [6.07, 6.45) is 7.66. The molecule has 16 heteroatoms. The van der Waals surface area contributed by atoms with Gasteiger partial charge >= 0.3 is 0 Å². The molecule has 0 saturated heterocycles. The van der Waals surface area contributed by atoms with Crippen LogP contribution in [-0.4, -0.2) is 55.7 Å². The Kier molecular flexibility index (Phi) is 14.0. The second-order valence-corrected chi connectivity index (χ2v) is 15.7. The fourth-order valence-electron chi connectivity index (χ4n) is 5.81. The topological polar surface area (TPSA) is 260 Å². The minimum atomic E-state index is -4.86. The van der Waals surface area contributed by atoms with E-state index >= 15 is 0 Å². The Morgan fingerprint density at radius 2 is 1.30 bits per heavy atom. The Hall–Kier alpha value is -4.78. The highest BCUT2D eigenvalue weighted by atomic mass is 32.2. The molecule has 0 amide bonds. The normalized spacial score (nSPS) is 12.8. The number of nitrogens with zero attached hydrogens (tertiary/aromatic N) is 1. The van der Waals surface area contributed by atoms with Crippen molar-refractivity contribution in [2.75, 3.05) is 11.9 Å². The molecule has 13 nitrogen and oxygen atoms in total. The average Bonchev–Trinajstić information content (AvgIpc) is 3.10. The van der Waals surface area contributed by atoms with Crippen molar-refractivity contribution >= 4 is 47.3 Å². The number of rotatable bonds is 12. The van der Waals surface area contributed by atoms with E-state index in [1.807, 2.05) is 23.7 Å². The summed E-state index contributed by atoms with van der Waals surface area (Å²) in [6.45, 7) is 4.79. The van der Waals surface area contributed by atoms with Gasteiger partial charge in [0.05, 0.1) is 14.7 Å². The van der Waals surface area contributed by atoms with Crippen molar-refractivity contribution in [2.45, 2.75) is 48.0 Å². The van der Waals surface area contributed by atoms with Crippen molar-refractivity contribution in [2.24, 2.45) is 0 Å². The summed E-state index contributed by atoms with van der Waals surface area (Å²) < 4.78 is 109. The first-order valence-electron chi connectivity index (χ1n) is 15.8. The van der Waals surface area contributed by atoms with E-state index < -0.39 is 30.4 Å². The molecule has 5 rings (SSSR count). The fourth-order valence-corrected chi connectivity index (χ4v) is 7.86. The van der Waals surface area contributed by atoms with E-state index in [0.29, 0.717) is 58.6 Å². The number of hydrogen-bond acceptors (Lipinski definition) is 10. The van der Waals surface area contributed by atoms with Gasteiger partial charge in [-0.3, -0.25) is 0 Å². The highest BCUT2D eigenvalue weighted by molar-refractivity contribution is 7.86. The van der Waals surface area contributed by atoms with Crippen molar-refractivity contribution in [3.8, 4) is 0 Å². The van der Waals surface area contributed by atoms with Crippen LogP contribution >= 0.6 is 0 Å². The molecule has 1 aliphatic rings. The molecule has 282 valence electrons. The monoisotopic (exact) mass is 782 g/mol. The van der Waals surface area contributed by atoms with Crippen molar-refractivity contribution in [1.82, 2.24) is 12.3 Å². The minimum Gasteiger partial charge on any atom is -0.744 e. The number of quaternary nitrogens is 2. The summed E-state index contributed by atoms with van der Waals surface area (Å²) in [5.41, 5.74) is 5.04. The molecule has 0 aliphatic heterocycles. The van der Waals surface area contributed by atoms with Crippen LogP contribution in [0.4, 0.5) is 5.69 Å². The van der Waals surface area contributed by atoms with Crippen molar-refractivity contribution in [1.29, 1.82) is 0 Å². The van der Waals surface area contributed by atoms with Gasteiger partial charge in [-0.25, -0.2) is 29.8 Å². The van der Waals surface area contributed by atoms with Crippen LogP contribution in [0, 0.1) is 0 Å². The van der Waals surface area contributed by atoms with E-state index in [1.54, 1.807) is 73.7 Å². The molecule has 1 aliphatic carbocycles. The molecule has 0 atom stereocenters.